The zero-order chi connectivity index (χ0) is 9.60. The van der Waals surface area contributed by atoms with Gasteiger partial charge in [0.2, 0.25) is 0 Å². The SMILES string of the molecule is OC[C@@]12CCCN1[C@H]1CCOC[C@H]1C2. The number of ether oxygens (including phenoxy) is 1. The standard InChI is InChI=1S/C11H19NO2/c13-8-11-3-1-4-12(11)10-2-5-14-7-9(10)6-11/h9-10,13H,1-8H2/t9-,10+,11+/m1/s1. The first-order chi connectivity index (χ1) is 6.86. The van der Waals surface area contributed by atoms with Gasteiger partial charge in [-0.15, -0.1) is 0 Å². The molecule has 0 aromatic carbocycles. The number of aliphatic hydroxyl groups is 1. The molecule has 0 aromatic heterocycles. The maximum absolute atomic E-state index is 9.59. The van der Waals surface area contributed by atoms with Crippen molar-refractivity contribution in [2.75, 3.05) is 26.4 Å². The van der Waals surface area contributed by atoms with E-state index in [1.54, 1.807) is 0 Å². The molecule has 0 aliphatic carbocycles. The van der Waals surface area contributed by atoms with Crippen molar-refractivity contribution in [3.05, 3.63) is 0 Å². The van der Waals surface area contributed by atoms with Gasteiger partial charge in [-0.3, -0.25) is 4.90 Å². The summed E-state index contributed by atoms with van der Waals surface area (Å²) in [6.45, 7) is 3.38. The molecule has 0 unspecified atom stereocenters. The molecule has 3 heteroatoms. The molecule has 0 saturated carbocycles. The van der Waals surface area contributed by atoms with Crippen LogP contribution in [-0.4, -0.2) is 48.0 Å². The van der Waals surface area contributed by atoms with Crippen molar-refractivity contribution in [1.29, 1.82) is 0 Å². The van der Waals surface area contributed by atoms with Gasteiger partial charge in [-0.1, -0.05) is 0 Å². The third kappa shape index (κ3) is 1.09. The van der Waals surface area contributed by atoms with Crippen LogP contribution in [0.5, 0.6) is 0 Å². The van der Waals surface area contributed by atoms with Crippen molar-refractivity contribution in [3.63, 3.8) is 0 Å². The van der Waals surface area contributed by atoms with E-state index in [-0.39, 0.29) is 5.54 Å². The van der Waals surface area contributed by atoms with Crippen LogP contribution in [-0.2, 0) is 4.74 Å². The second kappa shape index (κ2) is 3.19. The van der Waals surface area contributed by atoms with E-state index in [0.29, 0.717) is 18.6 Å². The molecule has 3 heterocycles. The van der Waals surface area contributed by atoms with Crippen molar-refractivity contribution in [3.8, 4) is 0 Å². The van der Waals surface area contributed by atoms with E-state index in [4.69, 9.17) is 4.74 Å². The smallest absolute Gasteiger partial charge is 0.0615 e. The van der Waals surface area contributed by atoms with Crippen LogP contribution in [0.25, 0.3) is 0 Å². The molecule has 3 aliphatic rings. The van der Waals surface area contributed by atoms with Crippen LogP contribution in [0.1, 0.15) is 25.7 Å². The lowest BCUT2D eigenvalue weighted by molar-refractivity contribution is 0.0143. The fourth-order valence-corrected chi connectivity index (χ4v) is 3.81. The first-order valence-electron chi connectivity index (χ1n) is 5.81. The normalized spacial score (nSPS) is 47.8. The summed E-state index contributed by atoms with van der Waals surface area (Å²) < 4.78 is 5.53. The van der Waals surface area contributed by atoms with E-state index < -0.39 is 0 Å². The molecule has 3 rings (SSSR count). The molecule has 0 bridgehead atoms. The molecule has 3 nitrogen and oxygen atoms in total. The fourth-order valence-electron chi connectivity index (χ4n) is 3.81. The van der Waals surface area contributed by atoms with E-state index in [1.165, 1.54) is 25.8 Å². The van der Waals surface area contributed by atoms with E-state index >= 15 is 0 Å². The van der Waals surface area contributed by atoms with E-state index in [2.05, 4.69) is 4.90 Å². The Morgan fingerprint density at radius 1 is 1.50 bits per heavy atom. The summed E-state index contributed by atoms with van der Waals surface area (Å²) in [5.41, 5.74) is 0.142. The maximum atomic E-state index is 9.59. The number of aliphatic hydroxyl groups excluding tert-OH is 1. The van der Waals surface area contributed by atoms with Crippen LogP contribution in [0.2, 0.25) is 0 Å². The Morgan fingerprint density at radius 3 is 3.29 bits per heavy atom. The van der Waals surface area contributed by atoms with Gasteiger partial charge in [-0.2, -0.15) is 0 Å². The molecular weight excluding hydrogens is 178 g/mol. The third-order valence-corrected chi connectivity index (χ3v) is 4.42. The van der Waals surface area contributed by atoms with Gasteiger partial charge in [-0.25, -0.2) is 0 Å². The average molecular weight is 197 g/mol. The maximum Gasteiger partial charge on any atom is 0.0615 e. The highest BCUT2D eigenvalue weighted by atomic mass is 16.5. The van der Waals surface area contributed by atoms with E-state index in [0.717, 1.165) is 19.6 Å². The van der Waals surface area contributed by atoms with E-state index in [1.807, 2.05) is 0 Å². The molecular formula is C11H19NO2. The summed E-state index contributed by atoms with van der Waals surface area (Å²) in [6.07, 6.45) is 4.79. The Labute approximate surface area is 85.0 Å². The van der Waals surface area contributed by atoms with Crippen molar-refractivity contribution < 1.29 is 9.84 Å². The summed E-state index contributed by atoms with van der Waals surface area (Å²) in [6, 6.07) is 0.707. The minimum atomic E-state index is 0.142. The van der Waals surface area contributed by atoms with Gasteiger partial charge in [0, 0.05) is 18.2 Å². The molecule has 0 amide bonds. The highest BCUT2D eigenvalue weighted by Gasteiger charge is 2.53. The Bertz CT molecular complexity index is 233. The summed E-state index contributed by atoms with van der Waals surface area (Å²) in [5, 5.41) is 9.59. The zero-order valence-electron chi connectivity index (χ0n) is 8.61. The van der Waals surface area contributed by atoms with Crippen molar-refractivity contribution in [2.24, 2.45) is 5.92 Å². The van der Waals surface area contributed by atoms with Crippen LogP contribution in [0.4, 0.5) is 0 Å². The molecule has 1 N–H and O–H groups in total. The third-order valence-electron chi connectivity index (χ3n) is 4.42. The Balaban J connectivity index is 1.86. The van der Waals surface area contributed by atoms with Gasteiger partial charge in [0.05, 0.1) is 13.2 Å². The van der Waals surface area contributed by atoms with E-state index in [9.17, 15) is 5.11 Å². The van der Waals surface area contributed by atoms with Crippen molar-refractivity contribution in [1.82, 2.24) is 4.90 Å². The quantitative estimate of drug-likeness (QED) is 0.669. The van der Waals surface area contributed by atoms with Crippen LogP contribution in [0, 0.1) is 5.92 Å². The predicted octanol–water partition coefficient (Wildman–Crippen LogP) is 0.622. The highest BCUT2D eigenvalue weighted by molar-refractivity contribution is 5.08. The first kappa shape index (κ1) is 9.13. The van der Waals surface area contributed by atoms with Crippen LogP contribution < -0.4 is 0 Å². The molecule has 80 valence electrons. The Morgan fingerprint density at radius 2 is 2.43 bits per heavy atom. The predicted molar refractivity (Wildman–Crippen MR) is 53.1 cm³/mol. The highest BCUT2D eigenvalue weighted by Crippen LogP contribution is 2.47. The largest absolute Gasteiger partial charge is 0.394 e. The molecule has 0 aromatic rings. The minimum Gasteiger partial charge on any atom is -0.394 e. The second-order valence-corrected chi connectivity index (χ2v) is 5.07. The van der Waals surface area contributed by atoms with Crippen LogP contribution in [0.15, 0.2) is 0 Å². The van der Waals surface area contributed by atoms with Gasteiger partial charge in [0.25, 0.3) is 0 Å². The summed E-state index contributed by atoms with van der Waals surface area (Å²) in [4.78, 5) is 2.58. The molecule has 3 saturated heterocycles. The van der Waals surface area contributed by atoms with Gasteiger partial charge in [0.1, 0.15) is 0 Å². The lowest BCUT2D eigenvalue weighted by Crippen LogP contribution is -2.46. The van der Waals surface area contributed by atoms with Crippen LogP contribution >= 0.6 is 0 Å². The first-order valence-corrected chi connectivity index (χ1v) is 5.81. The zero-order valence-corrected chi connectivity index (χ0v) is 8.61. The fraction of sp³-hybridized carbons (Fsp3) is 1.00. The van der Waals surface area contributed by atoms with Gasteiger partial charge in [0.15, 0.2) is 0 Å². The summed E-state index contributed by atoms with van der Waals surface area (Å²) in [5.74, 6) is 0.691. The average Bonchev–Trinajstić information content (AvgIpc) is 2.73. The minimum absolute atomic E-state index is 0.142. The number of nitrogens with zero attached hydrogens (tertiary/aromatic N) is 1. The molecule has 0 spiro atoms. The lowest BCUT2D eigenvalue weighted by Gasteiger charge is -2.34. The Hall–Kier alpha value is -0.120. The Kier molecular flexibility index (Phi) is 2.08. The molecule has 3 fully saturated rings. The topological polar surface area (TPSA) is 32.7 Å². The summed E-state index contributed by atoms with van der Waals surface area (Å²) in [7, 11) is 0. The molecule has 3 aliphatic heterocycles. The summed E-state index contributed by atoms with van der Waals surface area (Å²) >= 11 is 0. The monoisotopic (exact) mass is 197 g/mol. The molecule has 14 heavy (non-hydrogen) atoms. The molecule has 3 atom stereocenters. The molecule has 0 radical (unpaired) electrons. The van der Waals surface area contributed by atoms with Gasteiger partial charge in [-0.05, 0) is 38.1 Å². The lowest BCUT2D eigenvalue weighted by atomic mass is 9.88. The second-order valence-electron chi connectivity index (χ2n) is 5.07. The van der Waals surface area contributed by atoms with Crippen LogP contribution in [0.3, 0.4) is 0 Å². The number of hydrogen-bond donors (Lipinski definition) is 1. The number of rotatable bonds is 1. The van der Waals surface area contributed by atoms with Crippen molar-refractivity contribution >= 4 is 0 Å². The number of hydrogen-bond acceptors (Lipinski definition) is 3. The van der Waals surface area contributed by atoms with Gasteiger partial charge >= 0.3 is 0 Å². The van der Waals surface area contributed by atoms with Crippen molar-refractivity contribution in [2.45, 2.75) is 37.3 Å². The van der Waals surface area contributed by atoms with Gasteiger partial charge < -0.3 is 9.84 Å². The number of fused-ring (bicyclic) bond motifs is 3.